The van der Waals surface area contributed by atoms with E-state index in [0.29, 0.717) is 0 Å². The molecular weight excluding hydrogens is 290 g/mol. The number of hydrogen-bond acceptors (Lipinski definition) is 3. The number of rotatable bonds is 4. The second-order valence-corrected chi connectivity index (χ2v) is 5.08. The van der Waals surface area contributed by atoms with Crippen molar-refractivity contribution in [1.82, 2.24) is 9.99 Å². The Bertz CT molecular complexity index is 838. The maximum Gasteiger partial charge on any atom is 0.427 e. The van der Waals surface area contributed by atoms with E-state index in [1.807, 2.05) is 42.6 Å². The highest BCUT2D eigenvalue weighted by atomic mass is 16.5. The lowest BCUT2D eigenvalue weighted by Crippen LogP contribution is -2.16. The minimum absolute atomic E-state index is 0.589. The molecule has 1 N–H and O–H groups in total. The van der Waals surface area contributed by atoms with Gasteiger partial charge in [-0.1, -0.05) is 48.5 Å². The summed E-state index contributed by atoms with van der Waals surface area (Å²) in [6.07, 6.45) is 3.07. The number of hydrogen-bond donors (Lipinski definition) is 1. The van der Waals surface area contributed by atoms with Gasteiger partial charge < -0.3 is 9.30 Å². The Hall–Kier alpha value is -3.08. The average molecular weight is 307 g/mol. The van der Waals surface area contributed by atoms with Gasteiger partial charge in [-0.2, -0.15) is 5.10 Å². The molecule has 0 aliphatic rings. The van der Waals surface area contributed by atoms with E-state index < -0.39 is 6.09 Å². The third kappa shape index (κ3) is 3.40. The number of ether oxygens (including phenoxy) is 1. The number of hydrazone groups is 1. The van der Waals surface area contributed by atoms with Crippen molar-refractivity contribution in [3.8, 4) is 0 Å². The summed E-state index contributed by atoms with van der Waals surface area (Å²) in [5.41, 5.74) is 5.59. The largest absolute Gasteiger partial charge is 0.452 e. The third-order valence-electron chi connectivity index (χ3n) is 3.56. The molecule has 0 spiro atoms. The van der Waals surface area contributed by atoms with Gasteiger partial charge in [0.2, 0.25) is 0 Å². The van der Waals surface area contributed by atoms with Crippen molar-refractivity contribution in [3.05, 3.63) is 71.9 Å². The molecule has 3 rings (SSSR count). The van der Waals surface area contributed by atoms with Crippen LogP contribution in [0, 0.1) is 0 Å². The van der Waals surface area contributed by atoms with E-state index in [9.17, 15) is 4.79 Å². The molecule has 0 radical (unpaired) electrons. The van der Waals surface area contributed by atoms with E-state index in [1.54, 1.807) is 6.21 Å². The molecule has 1 aromatic heterocycles. The van der Waals surface area contributed by atoms with E-state index in [1.165, 1.54) is 12.7 Å². The smallest absolute Gasteiger partial charge is 0.427 e. The van der Waals surface area contributed by atoms with Crippen molar-refractivity contribution in [2.45, 2.75) is 6.54 Å². The van der Waals surface area contributed by atoms with Crippen LogP contribution < -0.4 is 5.43 Å². The van der Waals surface area contributed by atoms with Crippen LogP contribution in [0.25, 0.3) is 10.9 Å². The Morgan fingerprint density at radius 2 is 1.91 bits per heavy atom. The van der Waals surface area contributed by atoms with Gasteiger partial charge in [-0.3, -0.25) is 0 Å². The Kier molecular flexibility index (Phi) is 4.38. The lowest BCUT2D eigenvalue weighted by atomic mass is 10.2. The summed E-state index contributed by atoms with van der Waals surface area (Å²) in [7, 11) is 1.30. The van der Waals surface area contributed by atoms with Gasteiger partial charge in [0, 0.05) is 29.2 Å². The Morgan fingerprint density at radius 1 is 1.17 bits per heavy atom. The Morgan fingerprint density at radius 3 is 2.70 bits per heavy atom. The molecule has 0 atom stereocenters. The summed E-state index contributed by atoms with van der Waals surface area (Å²) in [6.45, 7) is 0.777. The van der Waals surface area contributed by atoms with Gasteiger partial charge >= 0.3 is 6.09 Å². The van der Waals surface area contributed by atoms with Crippen LogP contribution in [0.15, 0.2) is 65.9 Å². The van der Waals surface area contributed by atoms with Crippen LogP contribution in [0.4, 0.5) is 4.79 Å². The average Bonchev–Trinajstić information content (AvgIpc) is 2.94. The summed E-state index contributed by atoms with van der Waals surface area (Å²) in [4.78, 5) is 11.1. The van der Waals surface area contributed by atoms with Crippen molar-refractivity contribution in [2.24, 2.45) is 5.10 Å². The number of fused-ring (bicyclic) bond motifs is 1. The SMILES string of the molecule is COC(=O)N/N=C/c1cn(Cc2ccccc2)c2ccccc12. The van der Waals surface area contributed by atoms with Gasteiger partial charge in [0.25, 0.3) is 0 Å². The number of amides is 1. The van der Waals surface area contributed by atoms with Crippen LogP contribution in [-0.2, 0) is 11.3 Å². The molecule has 116 valence electrons. The minimum Gasteiger partial charge on any atom is -0.452 e. The highest BCUT2D eigenvalue weighted by molar-refractivity contribution is 5.99. The van der Waals surface area contributed by atoms with Gasteiger partial charge in [-0.05, 0) is 11.6 Å². The summed E-state index contributed by atoms with van der Waals surface area (Å²) < 4.78 is 6.66. The van der Waals surface area contributed by atoms with Gasteiger partial charge in [-0.15, -0.1) is 0 Å². The number of nitrogens with zero attached hydrogens (tertiary/aromatic N) is 2. The molecule has 0 saturated carbocycles. The molecule has 0 bridgehead atoms. The van der Waals surface area contributed by atoms with E-state index in [4.69, 9.17) is 0 Å². The van der Waals surface area contributed by atoms with Crippen LogP contribution in [0.1, 0.15) is 11.1 Å². The fourth-order valence-corrected chi connectivity index (χ4v) is 2.49. The molecule has 2 aromatic carbocycles. The van der Waals surface area contributed by atoms with E-state index in [0.717, 1.165) is 23.0 Å². The third-order valence-corrected chi connectivity index (χ3v) is 3.56. The molecular formula is C18H17N3O2. The molecule has 0 aliphatic heterocycles. The van der Waals surface area contributed by atoms with Gasteiger partial charge in [0.15, 0.2) is 0 Å². The number of benzene rings is 2. The van der Waals surface area contributed by atoms with E-state index in [2.05, 4.69) is 38.0 Å². The second-order valence-electron chi connectivity index (χ2n) is 5.08. The molecule has 5 heteroatoms. The van der Waals surface area contributed by atoms with E-state index in [-0.39, 0.29) is 0 Å². The predicted octanol–water partition coefficient (Wildman–Crippen LogP) is 3.38. The molecule has 1 heterocycles. The first kappa shape index (κ1) is 14.8. The summed E-state index contributed by atoms with van der Waals surface area (Å²) in [5.74, 6) is 0. The molecule has 0 fully saturated rings. The second kappa shape index (κ2) is 6.79. The first-order valence-electron chi connectivity index (χ1n) is 7.27. The summed E-state index contributed by atoms with van der Waals surface area (Å²) >= 11 is 0. The fraction of sp³-hybridized carbons (Fsp3) is 0.111. The van der Waals surface area contributed by atoms with Crippen LogP contribution >= 0.6 is 0 Å². The molecule has 3 aromatic rings. The number of carbonyl (C=O) groups excluding carboxylic acids is 1. The first-order valence-corrected chi connectivity index (χ1v) is 7.27. The molecule has 0 saturated heterocycles. The van der Waals surface area contributed by atoms with Crippen molar-refractivity contribution >= 4 is 23.2 Å². The zero-order valence-corrected chi connectivity index (χ0v) is 12.8. The summed E-state index contributed by atoms with van der Waals surface area (Å²) in [5, 5.41) is 5.00. The minimum atomic E-state index is -0.589. The molecule has 23 heavy (non-hydrogen) atoms. The van der Waals surface area contributed by atoms with E-state index >= 15 is 0 Å². The zero-order valence-electron chi connectivity index (χ0n) is 12.8. The van der Waals surface area contributed by atoms with Gasteiger partial charge in [0.05, 0.1) is 13.3 Å². The van der Waals surface area contributed by atoms with Crippen LogP contribution in [-0.4, -0.2) is 24.0 Å². The predicted molar refractivity (Wildman–Crippen MR) is 90.6 cm³/mol. The standard InChI is InChI=1S/C18H17N3O2/c1-23-18(22)20-19-11-15-13-21(12-14-7-3-2-4-8-14)17-10-6-5-9-16(15)17/h2-11,13H,12H2,1H3,(H,20,22)/b19-11+. The summed E-state index contributed by atoms with van der Waals surface area (Å²) in [6, 6.07) is 18.4. The maximum absolute atomic E-state index is 11.1. The monoisotopic (exact) mass is 307 g/mol. The Labute approximate surface area is 134 Å². The highest BCUT2D eigenvalue weighted by Crippen LogP contribution is 2.21. The van der Waals surface area contributed by atoms with Crippen LogP contribution in [0.3, 0.4) is 0 Å². The van der Waals surface area contributed by atoms with Crippen molar-refractivity contribution in [1.29, 1.82) is 0 Å². The lowest BCUT2D eigenvalue weighted by molar-refractivity contribution is 0.171. The normalized spacial score (nSPS) is 11.0. The number of nitrogens with one attached hydrogen (secondary N) is 1. The molecule has 5 nitrogen and oxygen atoms in total. The number of carbonyl (C=O) groups is 1. The van der Waals surface area contributed by atoms with Crippen molar-refractivity contribution in [3.63, 3.8) is 0 Å². The number of methoxy groups -OCH3 is 1. The number of para-hydroxylation sites is 1. The van der Waals surface area contributed by atoms with Gasteiger partial charge in [-0.25, -0.2) is 10.2 Å². The topological polar surface area (TPSA) is 55.6 Å². The molecule has 1 amide bonds. The first-order chi connectivity index (χ1) is 11.3. The highest BCUT2D eigenvalue weighted by Gasteiger charge is 2.07. The lowest BCUT2D eigenvalue weighted by Gasteiger charge is -2.05. The number of aromatic nitrogens is 1. The molecule has 0 unspecified atom stereocenters. The zero-order chi connectivity index (χ0) is 16.1. The van der Waals surface area contributed by atoms with Crippen LogP contribution in [0.2, 0.25) is 0 Å². The maximum atomic E-state index is 11.1. The fourth-order valence-electron chi connectivity index (χ4n) is 2.49. The van der Waals surface area contributed by atoms with Crippen molar-refractivity contribution in [2.75, 3.05) is 7.11 Å². The quantitative estimate of drug-likeness (QED) is 0.593. The molecule has 0 aliphatic carbocycles. The Balaban J connectivity index is 1.92. The van der Waals surface area contributed by atoms with Gasteiger partial charge in [0.1, 0.15) is 0 Å². The van der Waals surface area contributed by atoms with Crippen LogP contribution in [0.5, 0.6) is 0 Å². The van der Waals surface area contributed by atoms with Crippen molar-refractivity contribution < 1.29 is 9.53 Å².